The molecule has 6 atom stereocenters. The molecule has 0 spiro atoms. The molecule has 4 rings (SSSR count). The van der Waals surface area contributed by atoms with Crippen molar-refractivity contribution < 1.29 is 42.5 Å². The van der Waals surface area contributed by atoms with Crippen LogP contribution in [0.5, 0.6) is 5.75 Å². The normalized spacial score (nSPS) is 20.3. The lowest BCUT2D eigenvalue weighted by Crippen LogP contribution is -2.44. The molecule has 0 radical (unpaired) electrons. The standard InChI is InChI=1S/C45H69N6O9P/c1-5-8-9-10-11-12-13-14-15-16-17-18-19-20-24-27-40(52)58-42-41(53)38(59-45(42,32-46)39-29-28-37-43(47)48-33-49-51(37)39)31-57-61(55,60-36-25-22-21-23-26-36)50-34(4)44(54)56-30-35(6-2)7-3/h21-23,25-26,28-29,33-35,38,41-42,53H,5-20,24,27,30-31H2,1-4H3,(H,50,55)(H2,47,48,49)/t34-,38-,41-,42-,45+,61?/m1/s1. The van der Waals surface area contributed by atoms with Crippen LogP contribution in [0.2, 0.25) is 0 Å². The Kier molecular flexibility index (Phi) is 21.0. The zero-order chi connectivity index (χ0) is 44.1. The molecule has 0 bridgehead atoms. The predicted molar refractivity (Wildman–Crippen MR) is 233 cm³/mol. The Labute approximate surface area is 362 Å². The molecule has 3 aromatic rings. The maximum atomic E-state index is 14.4. The lowest BCUT2D eigenvalue weighted by Gasteiger charge is -2.27. The molecule has 1 saturated heterocycles. The van der Waals surface area contributed by atoms with E-state index in [4.69, 9.17) is 29.0 Å². The number of nitrogens with one attached hydrogen (secondary N) is 1. The second-order valence-corrected chi connectivity index (χ2v) is 17.8. The first-order valence-corrected chi connectivity index (χ1v) is 24.0. The molecular weight excluding hydrogens is 800 g/mol. The fourth-order valence-corrected chi connectivity index (χ4v) is 9.05. The largest absolute Gasteiger partial charge is 0.464 e. The first-order chi connectivity index (χ1) is 29.5. The molecule has 1 fully saturated rings. The average molecular weight is 869 g/mol. The van der Waals surface area contributed by atoms with Gasteiger partial charge in [0.2, 0.25) is 5.60 Å². The highest BCUT2D eigenvalue weighted by Gasteiger charge is 2.61. The van der Waals surface area contributed by atoms with E-state index in [1.54, 1.807) is 36.4 Å². The second kappa shape index (κ2) is 25.8. The summed E-state index contributed by atoms with van der Waals surface area (Å²) in [5, 5.41) is 29.5. The summed E-state index contributed by atoms with van der Waals surface area (Å²) in [5.74, 6) is -0.785. The maximum Gasteiger partial charge on any atom is 0.459 e. The number of hydrogen-bond donors (Lipinski definition) is 3. The molecule has 338 valence electrons. The van der Waals surface area contributed by atoms with Gasteiger partial charge in [-0.25, -0.2) is 14.1 Å². The number of para-hydroxylation sites is 1. The Bertz CT molecular complexity index is 1850. The number of rotatable bonds is 30. The first kappa shape index (κ1) is 49.6. The number of nitriles is 1. The van der Waals surface area contributed by atoms with Crippen LogP contribution in [0.4, 0.5) is 5.82 Å². The molecule has 2 aromatic heterocycles. The van der Waals surface area contributed by atoms with Crippen LogP contribution < -0.4 is 15.3 Å². The summed E-state index contributed by atoms with van der Waals surface area (Å²) in [6, 6.07) is 12.4. The van der Waals surface area contributed by atoms with Crippen molar-refractivity contribution in [3.05, 3.63) is 54.5 Å². The Morgan fingerprint density at radius 1 is 0.951 bits per heavy atom. The molecule has 0 amide bonds. The number of carbonyl (C=O) groups excluding carboxylic acids is 2. The zero-order valence-electron chi connectivity index (χ0n) is 36.7. The number of nitrogens with two attached hydrogens (primary N) is 1. The number of aromatic nitrogens is 3. The summed E-state index contributed by atoms with van der Waals surface area (Å²) >= 11 is 0. The van der Waals surface area contributed by atoms with Crippen molar-refractivity contribution in [2.45, 2.75) is 173 Å². The number of aliphatic hydroxyl groups excluding tert-OH is 1. The van der Waals surface area contributed by atoms with Gasteiger partial charge in [0.05, 0.1) is 18.9 Å². The number of esters is 2. The summed E-state index contributed by atoms with van der Waals surface area (Å²) in [5.41, 5.74) is 4.49. The van der Waals surface area contributed by atoms with E-state index in [1.165, 1.54) is 94.5 Å². The van der Waals surface area contributed by atoms with Crippen LogP contribution in [0.15, 0.2) is 48.8 Å². The predicted octanol–water partition coefficient (Wildman–Crippen LogP) is 9.12. The molecule has 1 aliphatic rings. The number of benzene rings is 1. The molecule has 16 heteroatoms. The summed E-state index contributed by atoms with van der Waals surface area (Å²) < 4.78 is 45.1. The molecule has 0 saturated carbocycles. The number of nitrogen functional groups attached to an aromatic ring is 1. The smallest absolute Gasteiger partial charge is 0.459 e. The SMILES string of the molecule is CCCCCCCCCCCCCCCCCC(=O)O[C@@H]1[C@H](O)[C@@H](COP(=O)(N[C@H](C)C(=O)OCC(CC)CC)Oc2ccccc2)O[C@@]1(C#N)c1ccc2c(N)ncnn12. The fourth-order valence-electron chi connectivity index (χ4n) is 7.55. The number of unbranched alkanes of at least 4 members (excludes halogenated alkanes) is 14. The van der Waals surface area contributed by atoms with Gasteiger partial charge in [-0.15, -0.1) is 0 Å². The van der Waals surface area contributed by atoms with Crippen LogP contribution in [0.3, 0.4) is 0 Å². The van der Waals surface area contributed by atoms with Gasteiger partial charge in [-0.2, -0.15) is 15.4 Å². The van der Waals surface area contributed by atoms with E-state index in [1.807, 2.05) is 13.8 Å². The summed E-state index contributed by atoms with van der Waals surface area (Å²) in [4.78, 5) is 30.4. The number of carbonyl (C=O) groups is 2. The van der Waals surface area contributed by atoms with Gasteiger partial charge >= 0.3 is 19.7 Å². The van der Waals surface area contributed by atoms with E-state index >= 15 is 0 Å². The highest BCUT2D eigenvalue weighted by Crippen LogP contribution is 2.48. The van der Waals surface area contributed by atoms with Crippen molar-refractivity contribution in [3.8, 4) is 11.8 Å². The summed E-state index contributed by atoms with van der Waals surface area (Å²) in [6.07, 6.45) is 16.1. The molecule has 1 aromatic carbocycles. The van der Waals surface area contributed by atoms with Gasteiger partial charge in [0, 0.05) is 6.42 Å². The van der Waals surface area contributed by atoms with Crippen molar-refractivity contribution >= 4 is 31.0 Å². The number of fused-ring (bicyclic) bond motifs is 1. The minimum absolute atomic E-state index is 0.0729. The number of ether oxygens (including phenoxy) is 3. The van der Waals surface area contributed by atoms with Crippen LogP contribution in [0.1, 0.15) is 149 Å². The summed E-state index contributed by atoms with van der Waals surface area (Å²) in [6.45, 7) is 7.33. The third-order valence-corrected chi connectivity index (χ3v) is 13.0. The van der Waals surface area contributed by atoms with Crippen LogP contribution >= 0.6 is 7.75 Å². The third-order valence-electron chi connectivity index (χ3n) is 11.4. The van der Waals surface area contributed by atoms with E-state index in [9.17, 15) is 24.5 Å². The zero-order valence-corrected chi connectivity index (χ0v) is 37.6. The quantitative estimate of drug-likeness (QED) is 0.0324. The van der Waals surface area contributed by atoms with Crippen LogP contribution in [-0.2, 0) is 38.5 Å². The monoisotopic (exact) mass is 868 g/mol. The number of hydrogen-bond acceptors (Lipinski definition) is 13. The number of nitrogens with zero attached hydrogens (tertiary/aromatic N) is 4. The molecule has 15 nitrogen and oxygen atoms in total. The summed E-state index contributed by atoms with van der Waals surface area (Å²) in [7, 11) is -4.41. The highest BCUT2D eigenvalue weighted by atomic mass is 31.2. The molecule has 3 heterocycles. The Morgan fingerprint density at radius 3 is 2.15 bits per heavy atom. The van der Waals surface area contributed by atoms with E-state index in [2.05, 4.69) is 28.2 Å². The Morgan fingerprint density at radius 2 is 1.56 bits per heavy atom. The van der Waals surface area contributed by atoms with Crippen LogP contribution in [-0.4, -0.2) is 69.2 Å². The van der Waals surface area contributed by atoms with E-state index < -0.39 is 56.2 Å². The average Bonchev–Trinajstić information content (AvgIpc) is 3.81. The maximum absolute atomic E-state index is 14.4. The van der Waals surface area contributed by atoms with E-state index in [-0.39, 0.29) is 36.2 Å². The molecule has 1 unspecified atom stereocenters. The fraction of sp³-hybridized carbons (Fsp3) is 0.667. The molecule has 4 N–H and O–H groups in total. The number of anilines is 1. The van der Waals surface area contributed by atoms with Crippen molar-refractivity contribution in [1.29, 1.82) is 5.26 Å². The Balaban J connectivity index is 1.40. The lowest BCUT2D eigenvalue weighted by molar-refractivity contribution is -0.160. The van der Waals surface area contributed by atoms with Crippen molar-refractivity contribution in [2.24, 2.45) is 5.92 Å². The van der Waals surface area contributed by atoms with Gasteiger partial charge in [-0.1, -0.05) is 142 Å². The second-order valence-electron chi connectivity index (χ2n) is 16.1. The van der Waals surface area contributed by atoms with E-state index in [0.717, 1.165) is 32.1 Å². The van der Waals surface area contributed by atoms with Gasteiger partial charge in [0.15, 0.2) is 11.9 Å². The van der Waals surface area contributed by atoms with Crippen LogP contribution in [0.25, 0.3) is 5.52 Å². The van der Waals surface area contributed by atoms with Gasteiger partial charge in [0.1, 0.15) is 41.9 Å². The first-order valence-electron chi connectivity index (χ1n) is 22.5. The van der Waals surface area contributed by atoms with Gasteiger partial charge < -0.3 is 29.6 Å². The Hall–Kier alpha value is -4.06. The molecule has 1 aliphatic heterocycles. The van der Waals surface area contributed by atoms with Crippen molar-refractivity contribution in [3.63, 3.8) is 0 Å². The topological polar surface area (TPSA) is 210 Å². The minimum Gasteiger partial charge on any atom is -0.464 e. The van der Waals surface area contributed by atoms with E-state index in [0.29, 0.717) is 11.9 Å². The van der Waals surface area contributed by atoms with Gasteiger partial charge in [-0.3, -0.25) is 14.1 Å². The molecule has 0 aliphatic carbocycles. The highest BCUT2D eigenvalue weighted by molar-refractivity contribution is 7.52. The molecular formula is C45H69N6O9P. The van der Waals surface area contributed by atoms with Crippen LogP contribution in [0, 0.1) is 17.2 Å². The van der Waals surface area contributed by atoms with Crippen molar-refractivity contribution in [2.75, 3.05) is 18.9 Å². The lowest BCUT2D eigenvalue weighted by atomic mass is 9.92. The molecule has 61 heavy (non-hydrogen) atoms. The van der Waals surface area contributed by atoms with Gasteiger partial charge in [-0.05, 0) is 43.5 Å². The minimum atomic E-state index is -4.41. The van der Waals surface area contributed by atoms with Gasteiger partial charge in [0.25, 0.3) is 0 Å². The third kappa shape index (κ3) is 14.8. The number of aliphatic hydroxyl groups is 1. The van der Waals surface area contributed by atoms with Crippen molar-refractivity contribution in [1.82, 2.24) is 19.7 Å².